The van der Waals surface area contributed by atoms with Gasteiger partial charge in [0.2, 0.25) is 0 Å². The Morgan fingerprint density at radius 3 is 2.83 bits per heavy atom. The van der Waals surface area contributed by atoms with Crippen molar-refractivity contribution in [3.8, 4) is 0 Å². The number of hydrogen-bond acceptors (Lipinski definition) is 7. The summed E-state index contributed by atoms with van der Waals surface area (Å²) in [5, 5.41) is 6.45. The van der Waals surface area contributed by atoms with Crippen molar-refractivity contribution in [2.45, 2.75) is 63.6 Å². The Labute approximate surface area is 172 Å². The number of esters is 1. The summed E-state index contributed by atoms with van der Waals surface area (Å²) < 4.78 is 12.2. The minimum Gasteiger partial charge on any atom is -0.462 e. The zero-order valence-electron chi connectivity index (χ0n) is 17.0. The van der Waals surface area contributed by atoms with Gasteiger partial charge in [0.25, 0.3) is 0 Å². The molecule has 0 bridgehead atoms. The maximum absolute atomic E-state index is 13.0. The Balaban J connectivity index is 1.77. The fraction of sp³-hybridized carbons (Fsp3) is 0.579. The molecule has 1 fully saturated rings. The normalized spacial score (nSPS) is 17.4. The molecule has 158 valence electrons. The number of H-pyrrole nitrogens is 2. The quantitative estimate of drug-likeness (QED) is 0.380. The lowest BCUT2D eigenvalue weighted by molar-refractivity contribution is 0.0525. The van der Waals surface area contributed by atoms with Crippen molar-refractivity contribution in [3.05, 3.63) is 33.0 Å². The van der Waals surface area contributed by atoms with Gasteiger partial charge >= 0.3 is 11.7 Å². The molecule has 3 heterocycles. The smallest absolute Gasteiger partial charge is 0.344 e. The van der Waals surface area contributed by atoms with Crippen LogP contribution >= 0.6 is 11.8 Å². The molecular formula is C19H26N4O5S. The molecule has 0 aromatic carbocycles. The van der Waals surface area contributed by atoms with Crippen molar-refractivity contribution in [2.75, 3.05) is 13.2 Å². The number of thioether (sulfide) groups is 1. The SMILES string of the molecule is CCOC(=O)c1c(C)[nH]c(C(=O)[C@H](C)Sc2n[nH]c(=O)n2C[C@H]2CCCO2)c1C. The van der Waals surface area contributed by atoms with Gasteiger partial charge in [0.15, 0.2) is 10.9 Å². The van der Waals surface area contributed by atoms with Gasteiger partial charge < -0.3 is 14.5 Å². The standard InChI is InChI=1S/C19H26N4O5S/c1-5-27-17(25)14-10(2)15(20-11(14)3)16(24)12(4)29-19-22-21-18(26)23(19)9-13-7-6-8-28-13/h12-13,20H,5-9H2,1-4H3,(H,21,26)/t12-,13+/m0/s1. The number of aromatic amines is 2. The predicted molar refractivity (Wildman–Crippen MR) is 108 cm³/mol. The molecule has 2 aromatic rings. The topological polar surface area (TPSA) is 119 Å². The van der Waals surface area contributed by atoms with Crippen molar-refractivity contribution in [2.24, 2.45) is 0 Å². The van der Waals surface area contributed by atoms with Gasteiger partial charge in [-0.3, -0.25) is 9.36 Å². The summed E-state index contributed by atoms with van der Waals surface area (Å²) in [6, 6.07) is 0. The Morgan fingerprint density at radius 1 is 1.41 bits per heavy atom. The Hall–Kier alpha value is -2.33. The van der Waals surface area contributed by atoms with Gasteiger partial charge in [-0.15, -0.1) is 5.10 Å². The number of hydrogen-bond donors (Lipinski definition) is 2. The van der Waals surface area contributed by atoms with E-state index in [4.69, 9.17) is 9.47 Å². The van der Waals surface area contributed by atoms with Crippen LogP contribution in [0.3, 0.4) is 0 Å². The van der Waals surface area contributed by atoms with E-state index in [-0.39, 0.29) is 24.2 Å². The van der Waals surface area contributed by atoms with Crippen molar-refractivity contribution in [1.82, 2.24) is 19.7 Å². The monoisotopic (exact) mass is 422 g/mol. The zero-order valence-corrected chi connectivity index (χ0v) is 17.9. The first-order chi connectivity index (χ1) is 13.8. The highest BCUT2D eigenvalue weighted by Crippen LogP contribution is 2.27. The largest absolute Gasteiger partial charge is 0.462 e. The average molecular weight is 423 g/mol. The second kappa shape index (κ2) is 9.00. The molecule has 29 heavy (non-hydrogen) atoms. The van der Waals surface area contributed by atoms with E-state index in [1.807, 2.05) is 0 Å². The van der Waals surface area contributed by atoms with Crippen LogP contribution in [0.25, 0.3) is 0 Å². The van der Waals surface area contributed by atoms with E-state index in [1.54, 1.807) is 27.7 Å². The zero-order chi connectivity index (χ0) is 21.1. The predicted octanol–water partition coefficient (Wildman–Crippen LogP) is 2.24. The fourth-order valence-corrected chi connectivity index (χ4v) is 4.39. The number of aromatic nitrogens is 4. The first-order valence-corrected chi connectivity index (χ1v) is 10.5. The summed E-state index contributed by atoms with van der Waals surface area (Å²) in [4.78, 5) is 40.3. The van der Waals surface area contributed by atoms with Crippen LogP contribution < -0.4 is 5.69 Å². The lowest BCUT2D eigenvalue weighted by Crippen LogP contribution is -2.25. The molecule has 0 amide bonds. The first-order valence-electron chi connectivity index (χ1n) is 9.67. The molecule has 2 N–H and O–H groups in total. The van der Waals surface area contributed by atoms with Crippen molar-refractivity contribution < 1.29 is 19.1 Å². The van der Waals surface area contributed by atoms with Gasteiger partial charge in [-0.1, -0.05) is 11.8 Å². The Morgan fingerprint density at radius 2 is 2.17 bits per heavy atom. The molecule has 3 rings (SSSR count). The highest BCUT2D eigenvalue weighted by atomic mass is 32.2. The van der Waals surface area contributed by atoms with Crippen LogP contribution in [0.5, 0.6) is 0 Å². The number of ketones is 1. The third kappa shape index (κ3) is 4.48. The lowest BCUT2D eigenvalue weighted by Gasteiger charge is -2.13. The summed E-state index contributed by atoms with van der Waals surface area (Å²) in [5.74, 6) is -0.624. The van der Waals surface area contributed by atoms with Crippen molar-refractivity contribution in [1.29, 1.82) is 0 Å². The molecule has 0 spiro atoms. The molecule has 10 heteroatoms. The van der Waals surface area contributed by atoms with Crippen molar-refractivity contribution >= 4 is 23.5 Å². The summed E-state index contributed by atoms with van der Waals surface area (Å²) in [6.07, 6.45) is 1.85. The fourth-order valence-electron chi connectivity index (χ4n) is 3.47. The maximum Gasteiger partial charge on any atom is 0.344 e. The number of Topliss-reactive ketones (excluding diaryl/α,β-unsaturated/α-hetero) is 1. The van der Waals surface area contributed by atoms with E-state index in [9.17, 15) is 14.4 Å². The van der Waals surface area contributed by atoms with Crippen molar-refractivity contribution in [3.63, 3.8) is 0 Å². The second-order valence-electron chi connectivity index (χ2n) is 7.03. The molecule has 1 aliphatic heterocycles. The second-order valence-corrected chi connectivity index (χ2v) is 8.33. The van der Waals surface area contributed by atoms with Crippen LogP contribution in [-0.4, -0.2) is 56.1 Å². The molecule has 1 aliphatic rings. The Bertz CT molecular complexity index is 954. The molecule has 0 unspecified atom stereocenters. The van der Waals surface area contributed by atoms with E-state index in [0.29, 0.717) is 40.8 Å². The molecule has 1 saturated heterocycles. The van der Waals surface area contributed by atoms with Crippen LogP contribution in [0.4, 0.5) is 0 Å². The van der Waals surface area contributed by atoms with Crippen LogP contribution in [0.15, 0.2) is 9.95 Å². The molecule has 0 radical (unpaired) electrons. The summed E-state index contributed by atoms with van der Waals surface area (Å²) >= 11 is 1.20. The first kappa shape index (κ1) is 21.4. The van der Waals surface area contributed by atoms with E-state index < -0.39 is 11.2 Å². The molecule has 0 aliphatic carbocycles. The van der Waals surface area contributed by atoms with E-state index >= 15 is 0 Å². The van der Waals surface area contributed by atoms with E-state index in [2.05, 4.69) is 15.2 Å². The minimum absolute atomic E-state index is 0.0175. The van der Waals surface area contributed by atoms with Gasteiger partial charge in [-0.2, -0.15) is 0 Å². The number of aryl methyl sites for hydroxylation is 1. The number of nitrogens with one attached hydrogen (secondary N) is 2. The lowest BCUT2D eigenvalue weighted by atomic mass is 10.1. The van der Waals surface area contributed by atoms with Crippen LogP contribution in [0.2, 0.25) is 0 Å². The van der Waals surface area contributed by atoms with Gasteiger partial charge in [-0.25, -0.2) is 14.7 Å². The number of carbonyl (C=O) groups excluding carboxylic acids is 2. The Kier molecular flexibility index (Phi) is 6.63. The molecule has 2 atom stereocenters. The van der Waals surface area contributed by atoms with Gasteiger partial charge in [0.05, 0.1) is 35.8 Å². The molecule has 9 nitrogen and oxygen atoms in total. The van der Waals surface area contributed by atoms with Gasteiger partial charge in [0.1, 0.15) is 0 Å². The molecular weight excluding hydrogens is 396 g/mol. The third-order valence-corrected chi connectivity index (χ3v) is 6.04. The third-order valence-electron chi connectivity index (χ3n) is 4.95. The summed E-state index contributed by atoms with van der Waals surface area (Å²) in [5.41, 5.74) is 1.60. The van der Waals surface area contributed by atoms with Gasteiger partial charge in [-0.05, 0) is 46.1 Å². The van der Waals surface area contributed by atoms with Crippen LogP contribution in [-0.2, 0) is 16.0 Å². The summed E-state index contributed by atoms with van der Waals surface area (Å²) in [7, 11) is 0. The minimum atomic E-state index is -0.514. The van der Waals surface area contributed by atoms with E-state index in [1.165, 1.54) is 16.3 Å². The molecule has 2 aromatic heterocycles. The summed E-state index contributed by atoms with van der Waals surface area (Å²) in [6.45, 7) is 8.32. The number of carbonyl (C=O) groups is 2. The van der Waals surface area contributed by atoms with Gasteiger partial charge in [0, 0.05) is 12.3 Å². The van der Waals surface area contributed by atoms with Crippen LogP contribution in [0, 0.1) is 13.8 Å². The maximum atomic E-state index is 13.0. The van der Waals surface area contributed by atoms with E-state index in [0.717, 1.165) is 12.8 Å². The number of nitrogens with zero attached hydrogens (tertiary/aromatic N) is 2. The average Bonchev–Trinajstić information content (AvgIpc) is 3.38. The number of rotatable bonds is 8. The molecule has 0 saturated carbocycles. The van der Waals surface area contributed by atoms with Crippen LogP contribution in [0.1, 0.15) is 58.8 Å². The number of ether oxygens (including phenoxy) is 2. The highest BCUT2D eigenvalue weighted by molar-refractivity contribution is 8.00. The highest BCUT2D eigenvalue weighted by Gasteiger charge is 2.28.